The fourth-order valence-corrected chi connectivity index (χ4v) is 3.54. The lowest BCUT2D eigenvalue weighted by molar-refractivity contribution is -0.116. The van der Waals surface area contributed by atoms with Crippen LogP contribution in [-0.2, 0) is 4.79 Å². The maximum atomic E-state index is 12.5. The quantitative estimate of drug-likeness (QED) is 0.420. The van der Waals surface area contributed by atoms with Crippen molar-refractivity contribution in [2.75, 3.05) is 11.9 Å². The van der Waals surface area contributed by atoms with E-state index in [9.17, 15) is 14.7 Å². The van der Waals surface area contributed by atoms with Crippen LogP contribution >= 0.6 is 12.4 Å². The maximum Gasteiger partial charge on any atom is 0.251 e. The Kier molecular flexibility index (Phi) is 7.09. The summed E-state index contributed by atoms with van der Waals surface area (Å²) in [6, 6.07) is 14.5. The number of fused-ring (bicyclic) bond motifs is 1. The summed E-state index contributed by atoms with van der Waals surface area (Å²) in [5.74, 6) is 0.119. The molecule has 0 aliphatic heterocycles. The van der Waals surface area contributed by atoms with Gasteiger partial charge in [-0.1, -0.05) is 18.2 Å². The summed E-state index contributed by atoms with van der Waals surface area (Å²) in [6.45, 7) is 0.368. The van der Waals surface area contributed by atoms with Gasteiger partial charge in [0.15, 0.2) is 0 Å². The van der Waals surface area contributed by atoms with Crippen molar-refractivity contribution in [3.8, 4) is 5.75 Å². The molecule has 1 saturated carbocycles. The number of halogens is 1. The number of nitrogens with one attached hydrogen (secondary N) is 2. The van der Waals surface area contributed by atoms with Crippen LogP contribution in [0.15, 0.2) is 54.7 Å². The molecular formula is C23H25ClN4O3. The van der Waals surface area contributed by atoms with Gasteiger partial charge in [-0.25, -0.2) is 0 Å². The molecule has 2 atom stereocenters. The molecule has 1 aliphatic rings. The van der Waals surface area contributed by atoms with Crippen LogP contribution in [0.25, 0.3) is 10.9 Å². The van der Waals surface area contributed by atoms with E-state index in [1.807, 2.05) is 24.3 Å². The highest BCUT2D eigenvalue weighted by Crippen LogP contribution is 2.39. The molecule has 0 bridgehead atoms. The minimum absolute atomic E-state index is 0. The van der Waals surface area contributed by atoms with Crippen molar-refractivity contribution >= 4 is 40.8 Å². The fraction of sp³-hybridized carbons (Fsp3) is 0.261. The predicted molar refractivity (Wildman–Crippen MR) is 123 cm³/mol. The van der Waals surface area contributed by atoms with Gasteiger partial charge in [-0.3, -0.25) is 14.6 Å². The Morgan fingerprint density at radius 1 is 1.13 bits per heavy atom. The average Bonchev–Trinajstić information content (AvgIpc) is 3.48. The summed E-state index contributed by atoms with van der Waals surface area (Å²) in [4.78, 5) is 28.7. The van der Waals surface area contributed by atoms with Gasteiger partial charge in [-0.15, -0.1) is 12.4 Å². The molecule has 1 aliphatic carbocycles. The third-order valence-electron chi connectivity index (χ3n) is 5.32. The average molecular weight is 441 g/mol. The van der Waals surface area contributed by atoms with E-state index in [1.165, 1.54) is 11.6 Å². The summed E-state index contributed by atoms with van der Waals surface area (Å²) in [6.07, 6.45) is 3.40. The third-order valence-corrected chi connectivity index (χ3v) is 5.32. The molecule has 0 spiro atoms. The van der Waals surface area contributed by atoms with Crippen molar-refractivity contribution in [2.24, 2.45) is 5.73 Å². The Bertz CT molecular complexity index is 1090. The Morgan fingerprint density at radius 3 is 2.58 bits per heavy atom. The van der Waals surface area contributed by atoms with Crippen LogP contribution in [0.3, 0.4) is 0 Å². The van der Waals surface area contributed by atoms with E-state index < -0.39 is 0 Å². The van der Waals surface area contributed by atoms with Crippen LogP contribution in [-0.4, -0.2) is 34.5 Å². The highest BCUT2D eigenvalue weighted by atomic mass is 35.5. The highest BCUT2D eigenvalue weighted by molar-refractivity contribution is 6.07. The van der Waals surface area contributed by atoms with Crippen LogP contribution in [0.2, 0.25) is 0 Å². The lowest BCUT2D eigenvalue weighted by atomic mass is 10.1. The molecule has 5 N–H and O–H groups in total. The first-order chi connectivity index (χ1) is 14.5. The smallest absolute Gasteiger partial charge is 0.251 e. The van der Waals surface area contributed by atoms with E-state index in [1.54, 1.807) is 24.4 Å². The number of benzene rings is 2. The monoisotopic (exact) mass is 440 g/mol. The van der Waals surface area contributed by atoms with Gasteiger partial charge in [0.25, 0.3) is 5.91 Å². The molecule has 1 heterocycles. The number of carbonyl (C=O) groups excluding carboxylic acids is 2. The minimum Gasteiger partial charge on any atom is -0.506 e. The largest absolute Gasteiger partial charge is 0.506 e. The van der Waals surface area contributed by atoms with Crippen molar-refractivity contribution in [1.29, 1.82) is 0 Å². The molecule has 7 nitrogen and oxygen atoms in total. The van der Waals surface area contributed by atoms with Gasteiger partial charge in [-0.05, 0) is 48.7 Å². The zero-order chi connectivity index (χ0) is 21.1. The van der Waals surface area contributed by atoms with E-state index in [0.717, 1.165) is 12.1 Å². The Hall–Kier alpha value is -3.16. The van der Waals surface area contributed by atoms with E-state index in [2.05, 4.69) is 15.6 Å². The highest BCUT2D eigenvalue weighted by Gasteiger charge is 2.34. The molecule has 0 radical (unpaired) electrons. The van der Waals surface area contributed by atoms with E-state index in [4.69, 9.17) is 5.73 Å². The number of phenolic OH excluding ortho intramolecular Hbond substituents is 1. The number of hydrogen-bond donors (Lipinski definition) is 4. The van der Waals surface area contributed by atoms with Crippen LogP contribution in [0.1, 0.15) is 41.1 Å². The number of anilines is 1. The van der Waals surface area contributed by atoms with Gasteiger partial charge in [0.1, 0.15) is 11.3 Å². The molecule has 162 valence electrons. The Labute approximate surface area is 186 Å². The van der Waals surface area contributed by atoms with Gasteiger partial charge >= 0.3 is 0 Å². The van der Waals surface area contributed by atoms with Gasteiger partial charge in [0.2, 0.25) is 5.91 Å². The molecule has 0 unspecified atom stereocenters. The van der Waals surface area contributed by atoms with Gasteiger partial charge < -0.3 is 21.5 Å². The van der Waals surface area contributed by atoms with Crippen LogP contribution in [0, 0.1) is 0 Å². The molecule has 3 aromatic rings. The summed E-state index contributed by atoms with van der Waals surface area (Å²) in [7, 11) is 0. The normalized spacial score (nSPS) is 16.9. The number of nitrogens with two attached hydrogens (primary N) is 1. The number of aromatic hydroxyl groups is 1. The molecule has 1 fully saturated rings. The standard InChI is InChI=1S/C23H24N4O3.ClH/c24-19-13-18(19)14-5-7-15(8-6-14)27-21(29)4-2-12-26-23(30)17-9-10-20(28)22-16(17)3-1-11-25-22;/h1,3,5-11,18-19,28H,2,4,12-13,24H2,(H,26,30)(H,27,29);1H/t18-,19+;/m1./s1. The van der Waals surface area contributed by atoms with Crippen molar-refractivity contribution in [2.45, 2.75) is 31.2 Å². The zero-order valence-electron chi connectivity index (χ0n) is 16.9. The molecule has 2 aromatic carbocycles. The lowest BCUT2D eigenvalue weighted by Crippen LogP contribution is -2.25. The third kappa shape index (κ3) is 5.31. The summed E-state index contributed by atoms with van der Waals surface area (Å²) in [5.41, 5.74) is 8.66. The lowest BCUT2D eigenvalue weighted by Gasteiger charge is -2.09. The van der Waals surface area contributed by atoms with Gasteiger partial charge in [-0.2, -0.15) is 0 Å². The second-order valence-corrected chi connectivity index (χ2v) is 7.57. The van der Waals surface area contributed by atoms with Gasteiger partial charge in [0.05, 0.1) is 0 Å². The van der Waals surface area contributed by atoms with Crippen molar-refractivity contribution < 1.29 is 14.7 Å². The number of pyridine rings is 1. The molecule has 1 aromatic heterocycles. The number of hydrogen-bond acceptors (Lipinski definition) is 5. The first kappa shape index (κ1) is 22.5. The molecule has 4 rings (SSSR count). The fourth-order valence-electron chi connectivity index (χ4n) is 3.54. The number of rotatable bonds is 7. The molecule has 31 heavy (non-hydrogen) atoms. The van der Waals surface area contributed by atoms with Crippen LogP contribution in [0.4, 0.5) is 5.69 Å². The topological polar surface area (TPSA) is 117 Å². The number of carbonyl (C=O) groups is 2. The van der Waals surface area contributed by atoms with E-state index >= 15 is 0 Å². The van der Waals surface area contributed by atoms with Crippen molar-refractivity contribution in [1.82, 2.24) is 10.3 Å². The maximum absolute atomic E-state index is 12.5. The van der Waals surface area contributed by atoms with Gasteiger partial charge in [0, 0.05) is 47.8 Å². The summed E-state index contributed by atoms with van der Waals surface area (Å²) < 4.78 is 0. The van der Waals surface area contributed by atoms with E-state index in [-0.39, 0.29) is 36.0 Å². The Balaban J connectivity index is 0.00000272. The SMILES string of the molecule is Cl.N[C@H]1C[C@@H]1c1ccc(NC(=O)CCCNC(=O)c2ccc(O)c3ncccc23)cc1. The minimum atomic E-state index is -0.262. The second kappa shape index (κ2) is 9.76. The number of aromatic nitrogens is 1. The molecule has 2 amide bonds. The molecule has 8 heteroatoms. The number of amides is 2. The Morgan fingerprint density at radius 2 is 1.87 bits per heavy atom. The molecule has 0 saturated heterocycles. The number of nitrogens with zero attached hydrogens (tertiary/aromatic N) is 1. The summed E-state index contributed by atoms with van der Waals surface area (Å²) in [5, 5.41) is 16.2. The van der Waals surface area contributed by atoms with Crippen LogP contribution in [0.5, 0.6) is 5.75 Å². The predicted octanol–water partition coefficient (Wildman–Crippen LogP) is 3.33. The zero-order valence-corrected chi connectivity index (χ0v) is 17.7. The second-order valence-electron chi connectivity index (χ2n) is 7.57. The van der Waals surface area contributed by atoms with Crippen LogP contribution < -0.4 is 16.4 Å². The molecular weight excluding hydrogens is 416 g/mol. The first-order valence-corrected chi connectivity index (χ1v) is 10.0. The first-order valence-electron chi connectivity index (χ1n) is 10.0. The van der Waals surface area contributed by atoms with Crippen molar-refractivity contribution in [3.05, 3.63) is 65.9 Å². The number of phenols is 1. The van der Waals surface area contributed by atoms with Crippen molar-refractivity contribution in [3.63, 3.8) is 0 Å². The summed E-state index contributed by atoms with van der Waals surface area (Å²) >= 11 is 0. The van der Waals surface area contributed by atoms with E-state index in [0.29, 0.717) is 41.8 Å².